The summed E-state index contributed by atoms with van der Waals surface area (Å²) in [6.07, 6.45) is -5.37. The Morgan fingerprint density at radius 3 is 2.65 bits per heavy atom. The molecule has 0 spiro atoms. The van der Waals surface area contributed by atoms with Gasteiger partial charge >= 0.3 is 6.18 Å². The van der Waals surface area contributed by atoms with Gasteiger partial charge < -0.3 is 0 Å². The highest BCUT2D eigenvalue weighted by Gasteiger charge is 2.27. The minimum absolute atomic E-state index is 0.0926. The number of aromatic nitrogens is 2. The number of carbonyl (C=O) groups excluding carboxylic acids is 1. The van der Waals surface area contributed by atoms with E-state index in [0.29, 0.717) is 17.9 Å². The van der Waals surface area contributed by atoms with E-state index < -0.39 is 12.6 Å². The first-order valence-corrected chi connectivity index (χ1v) is 5.48. The van der Waals surface area contributed by atoms with Crippen molar-refractivity contribution < 1.29 is 18.0 Å². The average molecular weight is 248 g/mol. The SMILES string of the molecule is CCn1nc(C)cc1C(=O)CCCC(F)(F)F. The Kier molecular flexibility index (Phi) is 4.31. The van der Waals surface area contributed by atoms with Crippen LogP contribution >= 0.6 is 0 Å². The van der Waals surface area contributed by atoms with Crippen LogP contribution in [0.2, 0.25) is 0 Å². The Hall–Kier alpha value is -1.33. The van der Waals surface area contributed by atoms with Crippen LogP contribution in [0.15, 0.2) is 6.07 Å². The monoisotopic (exact) mass is 248 g/mol. The molecule has 0 amide bonds. The number of nitrogens with zero attached hydrogens (tertiary/aromatic N) is 2. The van der Waals surface area contributed by atoms with Crippen molar-refractivity contribution >= 4 is 5.78 Å². The lowest BCUT2D eigenvalue weighted by Gasteiger charge is -2.06. The smallest absolute Gasteiger partial charge is 0.292 e. The van der Waals surface area contributed by atoms with Crippen molar-refractivity contribution in [2.75, 3.05) is 0 Å². The van der Waals surface area contributed by atoms with E-state index in [1.807, 2.05) is 6.92 Å². The van der Waals surface area contributed by atoms with Gasteiger partial charge in [0.1, 0.15) is 5.69 Å². The van der Waals surface area contributed by atoms with Crippen LogP contribution in [0.3, 0.4) is 0 Å². The third kappa shape index (κ3) is 4.20. The molecular formula is C11H15F3N2O. The molecule has 17 heavy (non-hydrogen) atoms. The lowest BCUT2D eigenvalue weighted by atomic mass is 10.1. The Morgan fingerprint density at radius 2 is 2.12 bits per heavy atom. The van der Waals surface area contributed by atoms with E-state index >= 15 is 0 Å². The first-order valence-electron chi connectivity index (χ1n) is 5.48. The Morgan fingerprint density at radius 1 is 1.47 bits per heavy atom. The van der Waals surface area contributed by atoms with Gasteiger partial charge in [0.2, 0.25) is 0 Å². The van der Waals surface area contributed by atoms with Crippen molar-refractivity contribution in [2.24, 2.45) is 0 Å². The molecule has 1 aromatic rings. The summed E-state index contributed by atoms with van der Waals surface area (Å²) in [7, 11) is 0. The van der Waals surface area contributed by atoms with Gasteiger partial charge in [-0.1, -0.05) is 0 Å². The Labute approximate surface area is 97.6 Å². The second kappa shape index (κ2) is 5.33. The second-order valence-corrected chi connectivity index (χ2v) is 3.88. The topological polar surface area (TPSA) is 34.9 Å². The number of Topliss-reactive ketones (excluding diaryl/α,β-unsaturated/α-hetero) is 1. The first kappa shape index (κ1) is 13.7. The number of carbonyl (C=O) groups is 1. The number of alkyl halides is 3. The number of halogens is 3. The number of rotatable bonds is 5. The van der Waals surface area contributed by atoms with Crippen molar-refractivity contribution in [3.8, 4) is 0 Å². The molecule has 6 heteroatoms. The standard InChI is InChI=1S/C11H15F3N2O/c1-3-16-9(7-8(2)15-16)10(17)5-4-6-11(12,13)14/h7H,3-6H2,1-2H3. The average Bonchev–Trinajstić information content (AvgIpc) is 2.57. The molecule has 0 fully saturated rings. The zero-order chi connectivity index (χ0) is 13.1. The zero-order valence-corrected chi connectivity index (χ0v) is 9.84. The fourth-order valence-electron chi connectivity index (χ4n) is 1.59. The maximum absolute atomic E-state index is 11.9. The molecule has 0 aromatic carbocycles. The molecule has 0 saturated carbocycles. The van der Waals surface area contributed by atoms with Crippen LogP contribution in [-0.2, 0) is 6.54 Å². The third-order valence-electron chi connectivity index (χ3n) is 2.35. The molecule has 1 rings (SSSR count). The van der Waals surface area contributed by atoms with Crippen molar-refractivity contribution in [1.82, 2.24) is 9.78 Å². The van der Waals surface area contributed by atoms with Gasteiger partial charge in [0, 0.05) is 19.4 Å². The molecule has 0 bridgehead atoms. The van der Waals surface area contributed by atoms with Gasteiger partial charge in [0.15, 0.2) is 5.78 Å². The van der Waals surface area contributed by atoms with Crippen molar-refractivity contribution in [1.29, 1.82) is 0 Å². The molecule has 1 aromatic heterocycles. The summed E-state index contributed by atoms with van der Waals surface area (Å²) in [6.45, 7) is 4.12. The lowest BCUT2D eigenvalue weighted by Crippen LogP contribution is -2.12. The summed E-state index contributed by atoms with van der Waals surface area (Å²) in [4.78, 5) is 11.7. The van der Waals surface area contributed by atoms with Gasteiger partial charge in [-0.2, -0.15) is 18.3 Å². The van der Waals surface area contributed by atoms with Crippen LogP contribution in [0.5, 0.6) is 0 Å². The number of hydrogen-bond acceptors (Lipinski definition) is 2. The predicted octanol–water partition coefficient (Wildman–Crippen LogP) is 3.13. The summed E-state index contributed by atoms with van der Waals surface area (Å²) < 4.78 is 37.3. The molecule has 96 valence electrons. The molecule has 1 heterocycles. The van der Waals surface area contributed by atoms with E-state index in [2.05, 4.69) is 5.10 Å². The highest BCUT2D eigenvalue weighted by atomic mass is 19.4. The quantitative estimate of drug-likeness (QED) is 0.750. The minimum Gasteiger partial charge on any atom is -0.292 e. The van der Waals surface area contributed by atoms with Gasteiger partial charge in [-0.25, -0.2) is 0 Å². The minimum atomic E-state index is -4.19. The van der Waals surface area contributed by atoms with Crippen LogP contribution in [0, 0.1) is 6.92 Å². The predicted molar refractivity (Wildman–Crippen MR) is 56.9 cm³/mol. The molecule has 0 unspecified atom stereocenters. The number of hydrogen-bond donors (Lipinski definition) is 0. The van der Waals surface area contributed by atoms with Crippen molar-refractivity contribution in [2.45, 2.75) is 45.8 Å². The molecule has 0 aliphatic rings. The summed E-state index contributed by atoms with van der Waals surface area (Å²) in [6, 6.07) is 1.61. The molecule has 3 nitrogen and oxygen atoms in total. The zero-order valence-electron chi connectivity index (χ0n) is 9.84. The summed E-state index contributed by atoms with van der Waals surface area (Å²) in [5, 5.41) is 4.08. The summed E-state index contributed by atoms with van der Waals surface area (Å²) in [5.74, 6) is -0.281. The van der Waals surface area contributed by atoms with Crippen molar-refractivity contribution in [3.63, 3.8) is 0 Å². The molecule has 0 radical (unpaired) electrons. The Balaban J connectivity index is 2.58. The second-order valence-electron chi connectivity index (χ2n) is 3.88. The maximum atomic E-state index is 11.9. The van der Waals surface area contributed by atoms with Crippen LogP contribution in [0.1, 0.15) is 42.4 Å². The molecule has 0 N–H and O–H groups in total. The van der Waals surface area contributed by atoms with E-state index in [-0.39, 0.29) is 18.6 Å². The largest absolute Gasteiger partial charge is 0.389 e. The fraction of sp³-hybridized carbons (Fsp3) is 0.636. The number of ketones is 1. The van der Waals surface area contributed by atoms with Gasteiger partial charge in [-0.15, -0.1) is 0 Å². The highest BCUT2D eigenvalue weighted by molar-refractivity contribution is 5.94. The molecule has 0 aliphatic heterocycles. The normalized spacial score (nSPS) is 11.8. The van der Waals surface area contributed by atoms with E-state index in [4.69, 9.17) is 0 Å². The van der Waals surface area contributed by atoms with E-state index in [1.54, 1.807) is 13.0 Å². The lowest BCUT2D eigenvalue weighted by molar-refractivity contribution is -0.135. The van der Waals surface area contributed by atoms with E-state index in [9.17, 15) is 18.0 Å². The van der Waals surface area contributed by atoms with Crippen LogP contribution in [0.25, 0.3) is 0 Å². The van der Waals surface area contributed by atoms with Gasteiger partial charge in [-0.05, 0) is 26.3 Å². The maximum Gasteiger partial charge on any atom is 0.389 e. The van der Waals surface area contributed by atoms with Gasteiger partial charge in [0.05, 0.1) is 5.69 Å². The van der Waals surface area contributed by atoms with Crippen LogP contribution in [0.4, 0.5) is 13.2 Å². The van der Waals surface area contributed by atoms with Gasteiger partial charge in [0.25, 0.3) is 0 Å². The molecule has 0 atom stereocenters. The highest BCUT2D eigenvalue weighted by Crippen LogP contribution is 2.22. The number of aryl methyl sites for hydroxylation is 2. The molecule has 0 aliphatic carbocycles. The van der Waals surface area contributed by atoms with E-state index in [1.165, 1.54) is 4.68 Å². The van der Waals surface area contributed by atoms with Crippen molar-refractivity contribution in [3.05, 3.63) is 17.5 Å². The van der Waals surface area contributed by atoms with Crippen LogP contribution in [-0.4, -0.2) is 21.7 Å². The summed E-state index contributed by atoms with van der Waals surface area (Å²) in [5.41, 5.74) is 1.10. The Bertz CT molecular complexity index is 396. The van der Waals surface area contributed by atoms with Gasteiger partial charge in [-0.3, -0.25) is 9.48 Å². The fourth-order valence-corrected chi connectivity index (χ4v) is 1.59. The molecule has 0 saturated heterocycles. The van der Waals surface area contributed by atoms with E-state index in [0.717, 1.165) is 0 Å². The van der Waals surface area contributed by atoms with Crippen LogP contribution < -0.4 is 0 Å². The first-order chi connectivity index (χ1) is 7.83. The summed E-state index contributed by atoms with van der Waals surface area (Å²) >= 11 is 0. The molecular weight excluding hydrogens is 233 g/mol. The third-order valence-corrected chi connectivity index (χ3v) is 2.35.